The Bertz CT molecular complexity index is 1830. The number of anilines is 2. The Hall–Kier alpha value is -3.07. The van der Waals surface area contributed by atoms with Gasteiger partial charge in [-0.05, 0) is 40.9 Å². The molecular formula is C24H22ClN5O10P2. The number of ether oxygens (including phenoxy) is 1. The molecule has 5 atom stereocenters. The Morgan fingerprint density at radius 1 is 1.00 bits per heavy atom. The fraction of sp³-hybridized carbons (Fsp3) is 0.250. The summed E-state index contributed by atoms with van der Waals surface area (Å²) in [7, 11) is -9.59. The van der Waals surface area contributed by atoms with Crippen LogP contribution in [0.15, 0.2) is 48.8 Å². The van der Waals surface area contributed by atoms with Gasteiger partial charge in [-0.1, -0.05) is 24.3 Å². The van der Waals surface area contributed by atoms with Gasteiger partial charge in [0.05, 0.1) is 12.9 Å². The molecular weight excluding hydrogens is 616 g/mol. The van der Waals surface area contributed by atoms with E-state index >= 15 is 0 Å². The van der Waals surface area contributed by atoms with Crippen molar-refractivity contribution in [3.8, 4) is 11.1 Å². The summed E-state index contributed by atoms with van der Waals surface area (Å²) in [4.78, 5) is 53.1. The highest BCUT2D eigenvalue weighted by Gasteiger charge is 2.46. The van der Waals surface area contributed by atoms with Gasteiger partial charge in [0.15, 0.2) is 34.9 Å². The minimum Gasteiger partial charge on any atom is -0.387 e. The molecule has 1 aliphatic carbocycles. The molecule has 4 aromatic rings. The second-order valence-corrected chi connectivity index (χ2v) is 14.0. The minimum absolute atomic E-state index is 0.0667. The predicted molar refractivity (Wildman–Crippen MR) is 148 cm³/mol. The largest absolute Gasteiger partial charge is 0.387 e. The molecule has 3 heterocycles. The monoisotopic (exact) mass is 637 g/mol. The molecule has 6 N–H and O–H groups in total. The highest BCUT2D eigenvalue weighted by Crippen LogP contribution is 2.55. The van der Waals surface area contributed by atoms with Crippen molar-refractivity contribution in [1.29, 1.82) is 0 Å². The molecule has 6 rings (SSSR count). The number of carbonyl (C=O) groups is 1. The fourth-order valence-corrected chi connectivity index (χ4v) is 7.70. The van der Waals surface area contributed by atoms with Crippen molar-refractivity contribution in [2.45, 2.75) is 24.5 Å². The Labute approximate surface area is 241 Å². The van der Waals surface area contributed by atoms with E-state index < -0.39 is 52.2 Å². The molecule has 0 amide bonds. The van der Waals surface area contributed by atoms with Crippen LogP contribution >= 0.6 is 26.8 Å². The number of hydrogen-bond acceptors (Lipinski definition) is 11. The summed E-state index contributed by atoms with van der Waals surface area (Å²) in [6.45, 7) is -0.748. The highest BCUT2D eigenvalue weighted by atomic mass is 35.5. The lowest BCUT2D eigenvalue weighted by atomic mass is 10.1. The summed E-state index contributed by atoms with van der Waals surface area (Å²) in [5.41, 5.74) is 3.66. The number of aliphatic hydroxyl groups excluding tert-OH is 2. The summed E-state index contributed by atoms with van der Waals surface area (Å²) in [6.07, 6.45) is -4.54. The standard InChI is InChI=1S/C24H22ClN5O10P2/c25-24-28-21(27-11-5-6-14-15(7-11)12-3-1-2-4-13(12)18(14)31)17-22(29-24)30(9-26-17)23-20(33)19(32)16(40-23)8-39-42(37,38)10-41(34,35)36/h1-7,9,16,19-20,23,32-33H,8,10H2,(H,37,38)(H,27,28,29)(H2,34,35,36)/t16-,19?,20+,23-/m1/s1. The zero-order valence-electron chi connectivity index (χ0n) is 21.2. The van der Waals surface area contributed by atoms with Crippen LogP contribution in [-0.2, 0) is 18.4 Å². The third-order valence-corrected chi connectivity index (χ3v) is 10.4. The first-order chi connectivity index (χ1) is 19.8. The maximum Gasteiger partial charge on any atom is 0.340 e. The van der Waals surface area contributed by atoms with Crippen molar-refractivity contribution >= 4 is 55.2 Å². The lowest BCUT2D eigenvalue weighted by molar-refractivity contribution is -0.0483. The molecule has 1 saturated heterocycles. The summed E-state index contributed by atoms with van der Waals surface area (Å²) < 4.78 is 34.8. The number of halogens is 1. The van der Waals surface area contributed by atoms with Crippen molar-refractivity contribution in [2.75, 3.05) is 17.8 Å². The minimum atomic E-state index is -4.86. The molecule has 15 nitrogen and oxygen atoms in total. The number of rotatable bonds is 8. The number of fused-ring (bicyclic) bond motifs is 4. The van der Waals surface area contributed by atoms with Gasteiger partial charge in [0.1, 0.15) is 18.3 Å². The molecule has 0 saturated carbocycles. The molecule has 0 bridgehead atoms. The van der Waals surface area contributed by atoms with Crippen LogP contribution in [0.4, 0.5) is 11.5 Å². The van der Waals surface area contributed by atoms with Gasteiger partial charge >= 0.3 is 15.2 Å². The maximum absolute atomic E-state index is 12.7. The molecule has 42 heavy (non-hydrogen) atoms. The van der Waals surface area contributed by atoms with Gasteiger partial charge in [0, 0.05) is 16.8 Å². The second-order valence-electron chi connectivity index (χ2n) is 9.71. The predicted octanol–water partition coefficient (Wildman–Crippen LogP) is 2.39. The quantitative estimate of drug-likeness (QED) is 0.106. The number of imidazole rings is 1. The third kappa shape index (κ3) is 5.40. The average molecular weight is 638 g/mol. The van der Waals surface area contributed by atoms with Crippen LogP contribution in [0, 0.1) is 0 Å². The van der Waals surface area contributed by atoms with E-state index in [1.807, 2.05) is 12.1 Å². The smallest absolute Gasteiger partial charge is 0.340 e. The first-order valence-electron chi connectivity index (χ1n) is 12.3. The van der Waals surface area contributed by atoms with E-state index in [2.05, 4.69) is 20.3 Å². The Kier molecular flexibility index (Phi) is 7.31. The first-order valence-corrected chi connectivity index (χ1v) is 16.2. The fourth-order valence-electron chi connectivity index (χ4n) is 4.96. The molecule has 0 radical (unpaired) electrons. The zero-order valence-corrected chi connectivity index (χ0v) is 23.7. The summed E-state index contributed by atoms with van der Waals surface area (Å²) in [5, 5.41) is 24.1. The van der Waals surface area contributed by atoms with Crippen molar-refractivity contribution in [2.24, 2.45) is 0 Å². The van der Waals surface area contributed by atoms with Crippen molar-refractivity contribution < 1.29 is 48.1 Å². The lowest BCUT2D eigenvalue weighted by Gasteiger charge is -2.18. The van der Waals surface area contributed by atoms with Gasteiger partial charge in [-0.3, -0.25) is 18.5 Å². The van der Waals surface area contributed by atoms with Gasteiger partial charge in [-0.15, -0.1) is 0 Å². The summed E-state index contributed by atoms with van der Waals surface area (Å²) in [6, 6.07) is 12.5. The Morgan fingerprint density at radius 3 is 2.45 bits per heavy atom. The van der Waals surface area contributed by atoms with Crippen LogP contribution in [0.5, 0.6) is 0 Å². The summed E-state index contributed by atoms with van der Waals surface area (Å²) in [5.74, 6) is -1.28. The molecule has 2 aromatic heterocycles. The van der Waals surface area contributed by atoms with Crippen LogP contribution in [0.25, 0.3) is 22.3 Å². The van der Waals surface area contributed by atoms with E-state index in [0.29, 0.717) is 16.8 Å². The number of carbonyl (C=O) groups excluding carboxylic acids is 1. The Morgan fingerprint density at radius 2 is 1.71 bits per heavy atom. The highest BCUT2D eigenvalue weighted by molar-refractivity contribution is 7.70. The van der Waals surface area contributed by atoms with Gasteiger partial charge in [0.2, 0.25) is 5.28 Å². The van der Waals surface area contributed by atoms with Gasteiger partial charge in [0.25, 0.3) is 0 Å². The topological polar surface area (TPSA) is 226 Å². The average Bonchev–Trinajstić information content (AvgIpc) is 3.54. The van der Waals surface area contributed by atoms with E-state index in [1.54, 1.807) is 30.3 Å². The molecule has 220 valence electrons. The Balaban J connectivity index is 1.26. The van der Waals surface area contributed by atoms with Crippen LogP contribution in [0.2, 0.25) is 5.28 Å². The van der Waals surface area contributed by atoms with Crippen LogP contribution in [0.1, 0.15) is 22.1 Å². The number of benzene rings is 2. The molecule has 1 fully saturated rings. The van der Waals surface area contributed by atoms with Gasteiger partial charge in [-0.2, -0.15) is 9.97 Å². The van der Waals surface area contributed by atoms with Crippen molar-refractivity contribution in [3.05, 3.63) is 65.2 Å². The summed E-state index contributed by atoms with van der Waals surface area (Å²) >= 11 is 6.21. The van der Waals surface area contributed by atoms with E-state index in [-0.39, 0.29) is 28.0 Å². The normalized spacial score (nSPS) is 23.1. The lowest BCUT2D eigenvalue weighted by Crippen LogP contribution is -2.33. The van der Waals surface area contributed by atoms with Crippen molar-refractivity contribution in [1.82, 2.24) is 19.5 Å². The van der Waals surface area contributed by atoms with Crippen LogP contribution in [0.3, 0.4) is 0 Å². The van der Waals surface area contributed by atoms with Crippen LogP contribution < -0.4 is 5.32 Å². The number of aliphatic hydroxyl groups is 2. The van der Waals surface area contributed by atoms with E-state index in [0.717, 1.165) is 11.1 Å². The van der Waals surface area contributed by atoms with E-state index in [9.17, 15) is 29.0 Å². The number of ketones is 1. The molecule has 2 unspecified atom stereocenters. The molecule has 2 aromatic carbocycles. The molecule has 0 spiro atoms. The van der Waals surface area contributed by atoms with E-state index in [1.165, 1.54) is 10.9 Å². The number of hydrogen-bond donors (Lipinski definition) is 6. The van der Waals surface area contributed by atoms with Gasteiger partial charge in [-0.25, -0.2) is 4.98 Å². The SMILES string of the molecule is O=C1c2ccccc2-c2cc(Nc3nc(Cl)nc4c3ncn4[C@@H]3O[C@H](COP(=O)(O)CP(=O)(O)O)C(O)[C@@H]3O)ccc21. The molecule has 2 aliphatic rings. The zero-order chi connectivity index (χ0) is 30.0. The second kappa shape index (κ2) is 10.6. The number of nitrogens with one attached hydrogen (secondary N) is 1. The first kappa shape index (κ1) is 29.0. The maximum atomic E-state index is 12.7. The van der Waals surface area contributed by atoms with Crippen LogP contribution in [-0.4, -0.2) is 81.0 Å². The number of nitrogens with zero attached hydrogens (tertiary/aromatic N) is 4. The molecule has 1 aliphatic heterocycles. The number of aromatic nitrogens is 4. The third-order valence-electron chi connectivity index (χ3n) is 6.80. The van der Waals surface area contributed by atoms with Crippen molar-refractivity contribution in [3.63, 3.8) is 0 Å². The van der Waals surface area contributed by atoms with Gasteiger partial charge < -0.3 is 39.5 Å². The molecule has 18 heteroatoms. The van der Waals surface area contributed by atoms with E-state index in [4.69, 9.17) is 30.6 Å².